The number of hydrogen-bond donors (Lipinski definition) is 6. The Morgan fingerprint density at radius 3 is 2.37 bits per heavy atom. The number of ether oxygens (including phenoxy) is 2. The molecule has 486 valence electrons. The summed E-state index contributed by atoms with van der Waals surface area (Å²) in [5, 5.41) is 75.4. The van der Waals surface area contributed by atoms with Crippen molar-refractivity contribution in [2.24, 2.45) is 109 Å². The molecular weight excluding hydrogens is 1140 g/mol. The molecule has 3 heterocycles. The summed E-state index contributed by atoms with van der Waals surface area (Å²) in [5.74, 6) is 8.27. The lowest BCUT2D eigenvalue weighted by molar-refractivity contribution is -0.388. The quantitative estimate of drug-likeness (QED) is 0.0627. The second-order valence-corrected chi connectivity index (χ2v) is 34.8. The van der Waals surface area contributed by atoms with E-state index in [2.05, 4.69) is 90.0 Å². The van der Waals surface area contributed by atoms with Gasteiger partial charge in [-0.2, -0.15) is 0 Å². The molecule has 4 spiro atoms. The van der Waals surface area contributed by atoms with E-state index in [-0.39, 0.29) is 91.1 Å². The first-order valence-corrected chi connectivity index (χ1v) is 37.2. The number of aliphatic hydroxyl groups is 5. The van der Waals surface area contributed by atoms with E-state index < -0.39 is 67.8 Å². The number of carbonyl (C=O) groups is 2. The zero-order valence-corrected chi connectivity index (χ0v) is 54.3. The minimum atomic E-state index is -1.89. The highest BCUT2D eigenvalue weighted by atomic mass is 16.5. The molecule has 11 saturated carbocycles. The van der Waals surface area contributed by atoms with Crippen LogP contribution in [-0.4, -0.2) is 92.6 Å². The van der Waals surface area contributed by atoms with Gasteiger partial charge in [0.25, 0.3) is 0 Å². The van der Waals surface area contributed by atoms with Gasteiger partial charge in [-0.15, -0.1) is 0 Å². The molecule has 12 fully saturated rings. The zero-order valence-electron chi connectivity index (χ0n) is 54.3. The van der Waals surface area contributed by atoms with Crippen molar-refractivity contribution < 1.29 is 44.6 Å². The first-order chi connectivity index (χ1) is 44.7. The third-order valence-electron chi connectivity index (χ3n) is 32.8. The molecule has 92 heavy (non-hydrogen) atoms. The number of benzene rings is 3. The minimum Gasteiger partial charge on any atom is -0.454 e. The molecule has 17 aliphatic rings. The third-order valence-corrected chi connectivity index (χ3v) is 32.8. The molecule has 1 saturated heterocycles. The highest BCUT2D eigenvalue weighted by molar-refractivity contribution is 5.87. The monoisotopic (exact) mass is 1240 g/mol. The highest BCUT2D eigenvalue weighted by Gasteiger charge is 2.90. The van der Waals surface area contributed by atoms with Crippen molar-refractivity contribution in [3.8, 4) is 11.8 Å². The van der Waals surface area contributed by atoms with Gasteiger partial charge >= 0.3 is 5.97 Å². The van der Waals surface area contributed by atoms with Crippen LogP contribution in [0, 0.1) is 121 Å². The lowest BCUT2D eigenvalue weighted by Crippen LogP contribution is -2.85. The van der Waals surface area contributed by atoms with Gasteiger partial charge in [-0.1, -0.05) is 104 Å². The van der Waals surface area contributed by atoms with E-state index in [1.165, 1.54) is 42.2 Å². The first-order valence-electron chi connectivity index (χ1n) is 37.2. The molecule has 18 bridgehead atoms. The Morgan fingerprint density at radius 2 is 1.55 bits per heavy atom. The predicted molar refractivity (Wildman–Crippen MR) is 349 cm³/mol. The summed E-state index contributed by atoms with van der Waals surface area (Å²) in [4.78, 5) is 31.0. The Hall–Kier alpha value is -4.44. The van der Waals surface area contributed by atoms with Crippen LogP contribution in [0.2, 0.25) is 0 Å². The Labute approximate surface area is 544 Å². The first kappa shape index (κ1) is 58.9. The van der Waals surface area contributed by atoms with Crippen LogP contribution in [0.15, 0.2) is 96.6 Å². The molecule has 0 aromatic heterocycles. The van der Waals surface area contributed by atoms with Crippen molar-refractivity contribution in [1.29, 1.82) is 0 Å². The number of carbonyl (C=O) groups excluding carboxylic acids is 2. The molecule has 14 aliphatic carbocycles. The Bertz CT molecular complexity index is 3660. The molecule has 0 radical (unpaired) electrons. The maximum Gasteiger partial charge on any atom is 0.331 e. The van der Waals surface area contributed by atoms with E-state index in [4.69, 9.17) is 9.47 Å². The van der Waals surface area contributed by atoms with E-state index in [1.54, 1.807) is 6.08 Å². The van der Waals surface area contributed by atoms with Crippen LogP contribution in [0.3, 0.4) is 0 Å². The summed E-state index contributed by atoms with van der Waals surface area (Å²) in [7, 11) is 1.97. The Balaban J connectivity index is 0.840. The molecule has 10 heteroatoms. The lowest BCUT2D eigenvalue weighted by Gasteiger charge is -2.78. The van der Waals surface area contributed by atoms with E-state index in [1.807, 2.05) is 19.2 Å². The van der Waals surface area contributed by atoms with Crippen LogP contribution in [0.4, 0.5) is 0 Å². The predicted octanol–water partition coefficient (Wildman–Crippen LogP) is 11.9. The zero-order chi connectivity index (χ0) is 62.2. The lowest BCUT2D eigenvalue weighted by atomic mass is 9.29. The number of aldehydes is 1. The second kappa shape index (κ2) is 20.3. The number of fused-ring (bicyclic) bond motifs is 11. The molecule has 3 aromatic rings. The summed E-state index contributed by atoms with van der Waals surface area (Å²) < 4.78 is 15.0. The van der Waals surface area contributed by atoms with Crippen molar-refractivity contribution in [1.82, 2.24) is 5.32 Å². The standard InChI is InChI=1S/C82H99NO9/c1-83-68-39-62-52(14-8-16-56(62)43-84)20-26-74(24-5-6-25-74)44-77-29-23-70-76(46-85)45-78-65-38-57-34-53(51-12-3-2-4-13-51)21-27-75(57,78)28-22-61(65)69-33-49-11-7-10-48(30-49)31-50-18-19-55(32-50)60-17-9-15-54-35-67(73(78)91-69)82(76,90)59(37-63(54)60)41-80(70,88)81(77,89)42-58-36-64(68)72-66(40-71(87)92-72)79(58,77)47-86/h2-4,7-16,30,40,46,50,53-55,57-61,63-65,67-70,72-73,83-84,86,88-90H,5-6,17-19,21-25,27-29,31-39,41-45,47H2,1H3/t50-,53-,54-,55+,57+,58-,59-,60+,61-,63-,64-,65+,67+,68+,69-,70-,72-,73-,75+,76+,77+,78+,79-,80+,81-,82+/m1/s1. The number of rotatable bonds is 5. The van der Waals surface area contributed by atoms with Crippen LogP contribution in [0.5, 0.6) is 0 Å². The minimum absolute atomic E-state index is 0.0282. The second-order valence-electron chi connectivity index (χ2n) is 34.8. The van der Waals surface area contributed by atoms with Crippen molar-refractivity contribution >= 4 is 12.3 Å². The van der Waals surface area contributed by atoms with Gasteiger partial charge < -0.3 is 45.1 Å². The summed E-state index contributed by atoms with van der Waals surface area (Å²) in [6.07, 6.45) is 28.0. The molecule has 3 aromatic carbocycles. The van der Waals surface area contributed by atoms with Gasteiger partial charge in [-0.25, -0.2) is 4.79 Å². The van der Waals surface area contributed by atoms with Gasteiger partial charge in [0.15, 0.2) is 0 Å². The third kappa shape index (κ3) is 7.25. The van der Waals surface area contributed by atoms with E-state index >= 15 is 20.1 Å². The van der Waals surface area contributed by atoms with E-state index in [9.17, 15) is 15.0 Å². The summed E-state index contributed by atoms with van der Waals surface area (Å²) in [5.41, 5.74) is -2.72. The van der Waals surface area contributed by atoms with Gasteiger partial charge in [-0.3, -0.25) is 0 Å². The Morgan fingerprint density at radius 1 is 0.739 bits per heavy atom. The highest BCUT2D eigenvalue weighted by Crippen LogP contribution is 2.87. The molecule has 6 N–H and O–H groups in total. The maximum atomic E-state index is 16.5. The SMILES string of the molecule is CN[C@H]1Cc2c(cccc2CO)C#CC2(CCCC2)C[C@]23CC[C@H]4[C@@](O)(C[C@H]5C[C@H]6[C@H]7CC=C[C@@H]6C[C@H]6[C@H]8O[C@H](Cc9cccc(c9)C[C@H]9CC[C@H]7C9)[C@@H]7CC[C@@]9%10CC[C@@H](c%11ccccc%11)C[C@H]9C[C@@H]7[C@@]8%10C[C@@]4(C=O)[C@]56O)[C@@]2(O)C[C@H]2C[C@H]1[C@H]1OC(=O)C=C1[C@@]23CO. The van der Waals surface area contributed by atoms with Gasteiger partial charge in [0.2, 0.25) is 0 Å². The fraction of sp³-hybridized carbons (Fsp3) is 0.683. The molecule has 3 aliphatic heterocycles. The molecule has 20 rings (SSSR count). The summed E-state index contributed by atoms with van der Waals surface area (Å²) in [6, 6.07) is 26.7. The number of likely N-dealkylation sites (N-methyl/N-ethyl adjacent to an activating group) is 1. The number of hydrogen-bond acceptors (Lipinski definition) is 10. The number of allylic oxidation sites excluding steroid dienone is 2. The summed E-state index contributed by atoms with van der Waals surface area (Å²) >= 11 is 0. The topological polar surface area (TPSA) is 166 Å². The molecule has 10 nitrogen and oxygen atoms in total. The number of aliphatic hydroxyl groups excluding tert-OH is 2. The van der Waals surface area contributed by atoms with Crippen molar-refractivity contribution in [3.63, 3.8) is 0 Å². The smallest absolute Gasteiger partial charge is 0.331 e. The van der Waals surface area contributed by atoms with Crippen molar-refractivity contribution in [2.75, 3.05) is 13.7 Å². The van der Waals surface area contributed by atoms with Crippen LogP contribution in [-0.2, 0) is 44.9 Å². The van der Waals surface area contributed by atoms with E-state index in [0.29, 0.717) is 74.5 Å². The molecule has 26 atom stereocenters. The largest absolute Gasteiger partial charge is 0.454 e. The van der Waals surface area contributed by atoms with E-state index in [0.717, 1.165) is 112 Å². The van der Waals surface area contributed by atoms with Gasteiger partial charge in [0, 0.05) is 57.1 Å². The fourth-order valence-corrected chi connectivity index (χ4v) is 29.8. The normalized spacial score (nSPS) is 50.5. The number of esters is 1. The summed E-state index contributed by atoms with van der Waals surface area (Å²) in [6.45, 7) is -0.457. The van der Waals surface area contributed by atoms with Gasteiger partial charge in [0.1, 0.15) is 18.0 Å². The van der Waals surface area contributed by atoms with Crippen LogP contribution >= 0.6 is 0 Å². The van der Waals surface area contributed by atoms with Crippen LogP contribution in [0.1, 0.15) is 187 Å². The maximum absolute atomic E-state index is 16.5. The average molecular weight is 1240 g/mol. The molecule has 0 unspecified atom stereocenters. The average Bonchev–Trinajstić information content (AvgIpc) is 1.34. The fourth-order valence-electron chi connectivity index (χ4n) is 29.8. The van der Waals surface area contributed by atoms with Crippen LogP contribution in [0.25, 0.3) is 0 Å². The van der Waals surface area contributed by atoms with Gasteiger partial charge in [-0.05, 0) is 271 Å². The molecular formula is C82H99NO9. The number of nitrogens with one attached hydrogen (secondary N) is 1. The Kier molecular flexibility index (Phi) is 13.0. The van der Waals surface area contributed by atoms with Crippen molar-refractivity contribution in [3.05, 3.63) is 130 Å². The van der Waals surface area contributed by atoms with Crippen molar-refractivity contribution in [2.45, 2.75) is 221 Å². The van der Waals surface area contributed by atoms with Gasteiger partial charge in [0.05, 0.1) is 42.0 Å². The van der Waals surface area contributed by atoms with Crippen LogP contribution < -0.4 is 5.32 Å². The molecule has 0 amide bonds.